The summed E-state index contributed by atoms with van der Waals surface area (Å²) in [5.74, 6) is -1.05. The lowest BCUT2D eigenvalue weighted by molar-refractivity contribution is -0.385. The molecule has 0 amide bonds. The zero-order chi connectivity index (χ0) is 15.8. The van der Waals surface area contributed by atoms with Crippen molar-refractivity contribution in [2.75, 3.05) is 13.1 Å². The lowest BCUT2D eigenvalue weighted by Crippen LogP contribution is -2.63. The van der Waals surface area contributed by atoms with E-state index in [1.54, 1.807) is 0 Å². The first-order valence-electron chi connectivity index (χ1n) is 6.36. The molecular formula is C12H15FN2O5S. The van der Waals surface area contributed by atoms with Crippen molar-refractivity contribution >= 4 is 15.7 Å². The number of aliphatic hydroxyl groups is 1. The Hall–Kier alpha value is -1.58. The minimum atomic E-state index is -4.18. The predicted molar refractivity (Wildman–Crippen MR) is 71.7 cm³/mol. The van der Waals surface area contributed by atoms with E-state index in [-0.39, 0.29) is 13.1 Å². The second-order valence-corrected chi connectivity index (χ2v) is 7.03. The van der Waals surface area contributed by atoms with Crippen LogP contribution in [0.4, 0.5) is 10.1 Å². The average Bonchev–Trinajstić information content (AvgIpc) is 2.36. The number of hydrogen-bond donors (Lipinski definition) is 1. The molecule has 0 atom stereocenters. The van der Waals surface area contributed by atoms with Crippen molar-refractivity contribution in [1.82, 2.24) is 4.31 Å². The van der Waals surface area contributed by atoms with E-state index in [1.807, 2.05) is 6.92 Å². The molecule has 7 nitrogen and oxygen atoms in total. The molecule has 0 unspecified atom stereocenters. The van der Waals surface area contributed by atoms with Crippen LogP contribution in [0.5, 0.6) is 0 Å². The van der Waals surface area contributed by atoms with Gasteiger partial charge in [-0.3, -0.25) is 10.1 Å². The average molecular weight is 318 g/mol. The summed E-state index contributed by atoms with van der Waals surface area (Å²) in [4.78, 5) is 9.14. The Morgan fingerprint density at radius 3 is 2.62 bits per heavy atom. The lowest BCUT2D eigenvalue weighted by atomic mass is 9.92. The number of sulfonamides is 1. The molecule has 9 heteroatoms. The van der Waals surface area contributed by atoms with Crippen molar-refractivity contribution in [3.8, 4) is 0 Å². The van der Waals surface area contributed by atoms with Crippen LogP contribution in [0.25, 0.3) is 0 Å². The van der Waals surface area contributed by atoms with Gasteiger partial charge in [0, 0.05) is 25.2 Å². The summed E-state index contributed by atoms with van der Waals surface area (Å²) in [6.07, 6.45) is 1.13. The second kappa shape index (κ2) is 5.32. The number of halogens is 1. The summed E-state index contributed by atoms with van der Waals surface area (Å²) in [5, 5.41) is 20.7. The van der Waals surface area contributed by atoms with Crippen molar-refractivity contribution in [1.29, 1.82) is 0 Å². The number of nitrogens with zero attached hydrogens (tertiary/aromatic N) is 2. The summed E-state index contributed by atoms with van der Waals surface area (Å²) in [6, 6.07) is 2.35. The van der Waals surface area contributed by atoms with Gasteiger partial charge in [0.15, 0.2) is 0 Å². The molecule has 1 aromatic rings. The normalized spacial score (nSPS) is 18.2. The first kappa shape index (κ1) is 15.8. The molecule has 1 aromatic carbocycles. The fourth-order valence-electron chi connectivity index (χ4n) is 2.35. The van der Waals surface area contributed by atoms with Gasteiger partial charge in [0.05, 0.1) is 10.5 Å². The van der Waals surface area contributed by atoms with Gasteiger partial charge in [0.25, 0.3) is 5.69 Å². The van der Waals surface area contributed by atoms with Gasteiger partial charge >= 0.3 is 0 Å². The Morgan fingerprint density at radius 2 is 2.10 bits per heavy atom. The summed E-state index contributed by atoms with van der Waals surface area (Å²) >= 11 is 0. The van der Waals surface area contributed by atoms with Gasteiger partial charge in [0.1, 0.15) is 10.7 Å². The summed E-state index contributed by atoms with van der Waals surface area (Å²) in [5.41, 5.74) is -1.60. The third-order valence-corrected chi connectivity index (χ3v) is 5.21. The number of rotatable bonds is 5. The minimum Gasteiger partial charge on any atom is -0.387 e. The summed E-state index contributed by atoms with van der Waals surface area (Å²) < 4.78 is 39.1. The van der Waals surface area contributed by atoms with Gasteiger partial charge in [-0.05, 0) is 12.5 Å². The molecule has 1 aliphatic rings. The second-order valence-electron chi connectivity index (χ2n) is 5.12. The van der Waals surface area contributed by atoms with Gasteiger partial charge in [-0.2, -0.15) is 4.31 Å². The van der Waals surface area contributed by atoms with E-state index < -0.39 is 36.9 Å². The molecule has 0 aliphatic carbocycles. The highest BCUT2D eigenvalue weighted by molar-refractivity contribution is 7.89. The van der Waals surface area contributed by atoms with Crippen molar-refractivity contribution in [2.24, 2.45) is 0 Å². The highest BCUT2D eigenvalue weighted by Gasteiger charge is 2.47. The van der Waals surface area contributed by atoms with Gasteiger partial charge in [-0.15, -0.1) is 0 Å². The van der Waals surface area contributed by atoms with E-state index in [0.717, 1.165) is 16.4 Å². The fourth-order valence-corrected chi connectivity index (χ4v) is 4.03. The van der Waals surface area contributed by atoms with E-state index in [0.29, 0.717) is 18.9 Å². The molecular weight excluding hydrogens is 303 g/mol. The SMILES string of the molecule is CCCC1(O)CN(S(=O)(=O)c2cc([N+](=O)[O-])ccc2F)C1. The number of β-amino-alcohol motifs (C(OH)–C–C–N with tert-alkyl or cyclic N) is 1. The molecule has 1 heterocycles. The van der Waals surface area contributed by atoms with Crippen LogP contribution < -0.4 is 0 Å². The van der Waals surface area contributed by atoms with Crippen LogP contribution in [0.15, 0.2) is 23.1 Å². The molecule has 21 heavy (non-hydrogen) atoms. The highest BCUT2D eigenvalue weighted by atomic mass is 32.2. The topological polar surface area (TPSA) is 101 Å². The predicted octanol–water partition coefficient (Wildman–Crippen LogP) is 1.27. The van der Waals surface area contributed by atoms with Gasteiger partial charge < -0.3 is 5.11 Å². The quantitative estimate of drug-likeness (QED) is 0.651. The lowest BCUT2D eigenvalue weighted by Gasteiger charge is -2.45. The van der Waals surface area contributed by atoms with Crippen molar-refractivity contribution in [2.45, 2.75) is 30.3 Å². The Labute approximate surface area is 121 Å². The Kier molecular flexibility index (Phi) is 4.00. The van der Waals surface area contributed by atoms with Crippen LogP contribution in [-0.4, -0.2) is 41.4 Å². The molecule has 1 aliphatic heterocycles. The zero-order valence-corrected chi connectivity index (χ0v) is 12.1. The van der Waals surface area contributed by atoms with E-state index in [4.69, 9.17) is 0 Å². The highest BCUT2D eigenvalue weighted by Crippen LogP contribution is 2.33. The Balaban J connectivity index is 2.30. The van der Waals surface area contributed by atoms with Crippen LogP contribution in [0.1, 0.15) is 19.8 Å². The standard InChI is InChI=1S/C12H15FN2O5S/c1-2-5-12(16)7-14(8-12)21(19,20)11-6-9(15(17)18)3-4-10(11)13/h3-4,6,16H,2,5,7-8H2,1H3. The van der Waals surface area contributed by atoms with Crippen LogP contribution in [0.3, 0.4) is 0 Å². The number of nitro benzene ring substituents is 1. The molecule has 0 radical (unpaired) electrons. The molecule has 116 valence electrons. The van der Waals surface area contributed by atoms with E-state index >= 15 is 0 Å². The molecule has 1 fully saturated rings. The molecule has 1 N–H and O–H groups in total. The first-order chi connectivity index (χ1) is 9.69. The zero-order valence-electron chi connectivity index (χ0n) is 11.3. The summed E-state index contributed by atoms with van der Waals surface area (Å²) in [6.45, 7) is 1.59. The summed E-state index contributed by atoms with van der Waals surface area (Å²) in [7, 11) is -4.18. The van der Waals surface area contributed by atoms with Crippen molar-refractivity contribution in [3.63, 3.8) is 0 Å². The van der Waals surface area contributed by atoms with Crippen LogP contribution in [0.2, 0.25) is 0 Å². The minimum absolute atomic E-state index is 0.134. The van der Waals surface area contributed by atoms with Crippen molar-refractivity contribution in [3.05, 3.63) is 34.1 Å². The number of benzene rings is 1. The molecule has 0 saturated carbocycles. The van der Waals surface area contributed by atoms with E-state index in [9.17, 15) is 28.0 Å². The molecule has 0 spiro atoms. The van der Waals surface area contributed by atoms with E-state index in [1.165, 1.54) is 0 Å². The Bertz CT molecular complexity index is 670. The Morgan fingerprint density at radius 1 is 1.48 bits per heavy atom. The van der Waals surface area contributed by atoms with Gasteiger partial charge in [-0.1, -0.05) is 13.3 Å². The molecule has 0 aromatic heterocycles. The largest absolute Gasteiger partial charge is 0.387 e. The van der Waals surface area contributed by atoms with E-state index in [2.05, 4.69) is 0 Å². The van der Waals surface area contributed by atoms with Gasteiger partial charge in [0.2, 0.25) is 10.0 Å². The first-order valence-corrected chi connectivity index (χ1v) is 7.80. The number of nitro groups is 1. The number of hydrogen-bond acceptors (Lipinski definition) is 5. The molecule has 0 bridgehead atoms. The fraction of sp³-hybridized carbons (Fsp3) is 0.500. The monoisotopic (exact) mass is 318 g/mol. The van der Waals surface area contributed by atoms with Crippen LogP contribution >= 0.6 is 0 Å². The third kappa shape index (κ3) is 2.89. The van der Waals surface area contributed by atoms with Crippen LogP contribution in [-0.2, 0) is 10.0 Å². The molecule has 1 saturated heterocycles. The maximum Gasteiger partial charge on any atom is 0.270 e. The van der Waals surface area contributed by atoms with Crippen LogP contribution in [0, 0.1) is 15.9 Å². The maximum absolute atomic E-state index is 13.7. The maximum atomic E-state index is 13.7. The smallest absolute Gasteiger partial charge is 0.270 e. The number of non-ortho nitro benzene ring substituents is 1. The van der Waals surface area contributed by atoms with Gasteiger partial charge in [-0.25, -0.2) is 12.8 Å². The third-order valence-electron chi connectivity index (χ3n) is 3.40. The molecule has 2 rings (SSSR count). The van der Waals surface area contributed by atoms with Crippen molar-refractivity contribution < 1.29 is 22.8 Å².